The van der Waals surface area contributed by atoms with E-state index in [1.54, 1.807) is 19.2 Å². The van der Waals surface area contributed by atoms with Crippen LogP contribution < -0.4 is 15.4 Å². The molecule has 0 spiro atoms. The van der Waals surface area contributed by atoms with Crippen molar-refractivity contribution in [1.29, 1.82) is 0 Å². The van der Waals surface area contributed by atoms with E-state index >= 15 is 0 Å². The largest absolute Gasteiger partial charge is 0.492 e. The second kappa shape index (κ2) is 12.7. The van der Waals surface area contributed by atoms with E-state index in [9.17, 15) is 4.39 Å². The van der Waals surface area contributed by atoms with Gasteiger partial charge in [-0.2, -0.15) is 0 Å². The Morgan fingerprint density at radius 1 is 1.13 bits per heavy atom. The number of ether oxygens (including phenoxy) is 2. The van der Waals surface area contributed by atoms with E-state index in [4.69, 9.17) is 9.47 Å². The van der Waals surface area contributed by atoms with Crippen LogP contribution in [0, 0.1) is 5.82 Å². The number of nitrogens with zero attached hydrogens (tertiary/aromatic N) is 1. The van der Waals surface area contributed by atoms with Gasteiger partial charge in [-0.15, -0.1) is 0 Å². The molecular weight excluding hydrogens is 297 g/mol. The van der Waals surface area contributed by atoms with Gasteiger partial charge in [-0.3, -0.25) is 4.99 Å². The van der Waals surface area contributed by atoms with Gasteiger partial charge < -0.3 is 20.1 Å². The van der Waals surface area contributed by atoms with Crippen LogP contribution in [-0.2, 0) is 4.74 Å². The third-order valence-electron chi connectivity index (χ3n) is 3.08. The number of aliphatic imine (C=N–C) groups is 1. The highest BCUT2D eigenvalue weighted by Crippen LogP contribution is 2.11. The van der Waals surface area contributed by atoms with Gasteiger partial charge in [0.1, 0.15) is 18.2 Å². The summed E-state index contributed by atoms with van der Waals surface area (Å²) < 4.78 is 23.9. The zero-order chi connectivity index (χ0) is 16.8. The van der Waals surface area contributed by atoms with Gasteiger partial charge in [0.2, 0.25) is 0 Å². The number of hydrogen-bond acceptors (Lipinski definition) is 3. The van der Waals surface area contributed by atoms with Crippen LogP contribution >= 0.6 is 0 Å². The van der Waals surface area contributed by atoms with E-state index in [1.165, 1.54) is 12.1 Å². The van der Waals surface area contributed by atoms with Crippen LogP contribution in [0.15, 0.2) is 29.3 Å². The van der Waals surface area contributed by atoms with Crippen molar-refractivity contribution in [1.82, 2.24) is 10.6 Å². The average Bonchev–Trinajstić information content (AvgIpc) is 2.56. The molecule has 2 N–H and O–H groups in total. The van der Waals surface area contributed by atoms with Crippen LogP contribution in [0.5, 0.6) is 5.75 Å². The standard InChI is InChI=1S/C17H28FN3O2/c1-3-4-11-22-12-6-9-20-17(19-2)21-10-13-23-16-8-5-7-15(18)14-16/h5,7-8,14H,3-4,6,9-13H2,1-2H3,(H2,19,20,21). The summed E-state index contributed by atoms with van der Waals surface area (Å²) in [4.78, 5) is 4.13. The van der Waals surface area contributed by atoms with Crippen molar-refractivity contribution in [3.63, 3.8) is 0 Å². The number of guanidine groups is 1. The monoisotopic (exact) mass is 325 g/mol. The van der Waals surface area contributed by atoms with E-state index in [1.807, 2.05) is 0 Å². The minimum Gasteiger partial charge on any atom is -0.492 e. The fourth-order valence-electron chi connectivity index (χ4n) is 1.85. The van der Waals surface area contributed by atoms with E-state index in [0.29, 0.717) is 18.9 Å². The summed E-state index contributed by atoms with van der Waals surface area (Å²) in [6.45, 7) is 5.57. The number of halogens is 1. The minimum absolute atomic E-state index is 0.297. The molecule has 0 aliphatic carbocycles. The predicted octanol–water partition coefficient (Wildman–Crippen LogP) is 2.58. The highest BCUT2D eigenvalue weighted by Gasteiger charge is 1.98. The lowest BCUT2D eigenvalue weighted by Crippen LogP contribution is -2.39. The molecule has 0 aromatic heterocycles. The van der Waals surface area contributed by atoms with Crippen LogP contribution in [-0.4, -0.2) is 45.9 Å². The van der Waals surface area contributed by atoms with Gasteiger partial charge >= 0.3 is 0 Å². The van der Waals surface area contributed by atoms with Crippen molar-refractivity contribution in [2.45, 2.75) is 26.2 Å². The number of benzene rings is 1. The Kier molecular flexibility index (Phi) is 10.6. The smallest absolute Gasteiger partial charge is 0.191 e. The Hall–Kier alpha value is -1.82. The molecule has 0 aliphatic heterocycles. The second-order valence-electron chi connectivity index (χ2n) is 5.05. The maximum Gasteiger partial charge on any atom is 0.191 e. The van der Waals surface area contributed by atoms with Gasteiger partial charge in [0.25, 0.3) is 0 Å². The fraction of sp³-hybridized carbons (Fsp3) is 0.588. The lowest BCUT2D eigenvalue weighted by atomic mass is 10.3. The summed E-state index contributed by atoms with van der Waals surface area (Å²) in [6.07, 6.45) is 3.21. The summed E-state index contributed by atoms with van der Waals surface area (Å²) in [6, 6.07) is 6.12. The van der Waals surface area contributed by atoms with Gasteiger partial charge in [-0.05, 0) is 25.0 Å². The highest BCUT2D eigenvalue weighted by molar-refractivity contribution is 5.79. The van der Waals surface area contributed by atoms with Crippen molar-refractivity contribution < 1.29 is 13.9 Å². The molecule has 130 valence electrons. The Morgan fingerprint density at radius 3 is 2.65 bits per heavy atom. The summed E-state index contributed by atoms with van der Waals surface area (Å²) in [7, 11) is 1.72. The molecule has 5 nitrogen and oxygen atoms in total. The lowest BCUT2D eigenvalue weighted by molar-refractivity contribution is 0.129. The van der Waals surface area contributed by atoms with Crippen molar-refractivity contribution in [3.8, 4) is 5.75 Å². The SMILES string of the molecule is CCCCOCCCNC(=NC)NCCOc1cccc(F)c1. The van der Waals surface area contributed by atoms with Crippen molar-refractivity contribution in [3.05, 3.63) is 30.1 Å². The predicted molar refractivity (Wildman–Crippen MR) is 91.6 cm³/mol. The summed E-state index contributed by atoms with van der Waals surface area (Å²) in [5.74, 6) is 0.953. The molecule has 0 aliphatic rings. The molecule has 0 fully saturated rings. The van der Waals surface area contributed by atoms with E-state index in [-0.39, 0.29) is 5.82 Å². The molecule has 6 heteroatoms. The molecule has 0 unspecified atom stereocenters. The zero-order valence-corrected chi connectivity index (χ0v) is 14.1. The topological polar surface area (TPSA) is 54.9 Å². The maximum atomic E-state index is 13.0. The molecule has 1 rings (SSSR count). The third-order valence-corrected chi connectivity index (χ3v) is 3.08. The third kappa shape index (κ3) is 9.73. The van der Waals surface area contributed by atoms with Gasteiger partial charge in [0, 0.05) is 32.9 Å². The minimum atomic E-state index is -0.297. The molecule has 0 amide bonds. The van der Waals surface area contributed by atoms with E-state index < -0.39 is 0 Å². The first kappa shape index (κ1) is 19.2. The van der Waals surface area contributed by atoms with Gasteiger partial charge in [-0.25, -0.2) is 4.39 Å². The molecule has 0 atom stereocenters. The van der Waals surface area contributed by atoms with Gasteiger partial charge in [-0.1, -0.05) is 19.4 Å². The summed E-state index contributed by atoms with van der Waals surface area (Å²) in [5, 5.41) is 6.36. The first-order valence-corrected chi connectivity index (χ1v) is 8.17. The molecule has 1 aromatic carbocycles. The first-order chi connectivity index (χ1) is 11.3. The number of nitrogens with one attached hydrogen (secondary N) is 2. The highest BCUT2D eigenvalue weighted by atomic mass is 19.1. The van der Waals surface area contributed by atoms with Crippen molar-refractivity contribution in [2.75, 3.05) is 40.0 Å². The molecule has 0 heterocycles. The van der Waals surface area contributed by atoms with E-state index in [2.05, 4.69) is 22.5 Å². The number of rotatable bonds is 11. The van der Waals surface area contributed by atoms with Crippen LogP contribution in [0.3, 0.4) is 0 Å². The van der Waals surface area contributed by atoms with Gasteiger partial charge in [0.15, 0.2) is 5.96 Å². The molecule has 1 aromatic rings. The molecule has 0 saturated heterocycles. The molecule has 0 bridgehead atoms. The molecule has 23 heavy (non-hydrogen) atoms. The average molecular weight is 325 g/mol. The maximum absolute atomic E-state index is 13.0. The van der Waals surface area contributed by atoms with Crippen LogP contribution in [0.2, 0.25) is 0 Å². The van der Waals surface area contributed by atoms with Gasteiger partial charge in [0.05, 0.1) is 6.54 Å². The number of unbranched alkanes of at least 4 members (excludes halogenated alkanes) is 1. The van der Waals surface area contributed by atoms with Crippen LogP contribution in [0.1, 0.15) is 26.2 Å². The normalized spacial score (nSPS) is 11.3. The lowest BCUT2D eigenvalue weighted by Gasteiger charge is -2.12. The van der Waals surface area contributed by atoms with Crippen molar-refractivity contribution in [2.24, 2.45) is 4.99 Å². The Bertz CT molecular complexity index is 455. The molecular formula is C17H28FN3O2. The fourth-order valence-corrected chi connectivity index (χ4v) is 1.85. The Labute approximate surface area is 138 Å². The van der Waals surface area contributed by atoms with Crippen LogP contribution in [0.4, 0.5) is 4.39 Å². The summed E-state index contributed by atoms with van der Waals surface area (Å²) >= 11 is 0. The summed E-state index contributed by atoms with van der Waals surface area (Å²) in [5.41, 5.74) is 0. The van der Waals surface area contributed by atoms with E-state index in [0.717, 1.165) is 45.0 Å². The Balaban J connectivity index is 2.05. The van der Waals surface area contributed by atoms with Crippen molar-refractivity contribution >= 4 is 5.96 Å². The first-order valence-electron chi connectivity index (χ1n) is 8.17. The Morgan fingerprint density at radius 2 is 1.91 bits per heavy atom. The number of hydrogen-bond donors (Lipinski definition) is 2. The zero-order valence-electron chi connectivity index (χ0n) is 14.1. The quantitative estimate of drug-likeness (QED) is 0.373. The molecule has 0 saturated carbocycles. The second-order valence-corrected chi connectivity index (χ2v) is 5.05. The molecule has 0 radical (unpaired) electrons. The van der Waals surface area contributed by atoms with Crippen LogP contribution in [0.25, 0.3) is 0 Å².